The topological polar surface area (TPSA) is 62.2 Å². The van der Waals surface area contributed by atoms with Crippen LogP contribution in [0.25, 0.3) is 0 Å². The van der Waals surface area contributed by atoms with E-state index in [-0.39, 0.29) is 0 Å². The van der Waals surface area contributed by atoms with Gasteiger partial charge in [0.15, 0.2) is 0 Å². The highest BCUT2D eigenvalue weighted by molar-refractivity contribution is 9.11. The van der Waals surface area contributed by atoms with Crippen LogP contribution in [-0.2, 0) is 4.79 Å². The van der Waals surface area contributed by atoms with Crippen LogP contribution >= 0.6 is 31.9 Å². The Kier molecular flexibility index (Phi) is 4.17. The van der Waals surface area contributed by atoms with Crippen molar-refractivity contribution >= 4 is 37.8 Å². The van der Waals surface area contributed by atoms with Crippen LogP contribution in [0.4, 0.5) is 0 Å². The first-order valence-corrected chi connectivity index (χ1v) is 6.93. The molecule has 1 fully saturated rings. The SMILES string of the molecule is O=C(O)C(NCC1CC1)c1ncc(Br)cc1Br. The summed E-state index contributed by atoms with van der Waals surface area (Å²) in [5.74, 6) is -0.271. The average Bonchev–Trinajstić information content (AvgIpc) is 3.04. The highest BCUT2D eigenvalue weighted by atomic mass is 79.9. The lowest BCUT2D eigenvalue weighted by Crippen LogP contribution is -2.31. The number of carboxylic acid groups (broad SMARTS) is 1. The summed E-state index contributed by atoms with van der Waals surface area (Å²) >= 11 is 6.64. The summed E-state index contributed by atoms with van der Waals surface area (Å²) in [4.78, 5) is 15.4. The van der Waals surface area contributed by atoms with Crippen LogP contribution < -0.4 is 5.32 Å². The van der Waals surface area contributed by atoms with Crippen molar-refractivity contribution in [1.29, 1.82) is 0 Å². The number of rotatable bonds is 5. The van der Waals surface area contributed by atoms with Gasteiger partial charge in [-0.25, -0.2) is 0 Å². The third-order valence-electron chi connectivity index (χ3n) is 2.66. The standard InChI is InChI=1S/C11H12Br2N2O2/c12-7-3-8(13)9(15-5-7)10(11(16)17)14-4-6-1-2-6/h3,5-6,10,14H,1-2,4H2,(H,16,17). The van der Waals surface area contributed by atoms with Gasteiger partial charge in [-0.15, -0.1) is 0 Å². The van der Waals surface area contributed by atoms with Crippen LogP contribution in [0.2, 0.25) is 0 Å². The van der Waals surface area contributed by atoms with E-state index in [1.807, 2.05) is 0 Å². The fourth-order valence-corrected chi connectivity index (χ4v) is 2.76. The van der Waals surface area contributed by atoms with Crippen molar-refractivity contribution in [3.63, 3.8) is 0 Å². The Labute approximate surface area is 116 Å². The first-order chi connectivity index (χ1) is 8.08. The quantitative estimate of drug-likeness (QED) is 0.844. The molecule has 92 valence electrons. The largest absolute Gasteiger partial charge is 0.480 e. The number of aromatic nitrogens is 1. The van der Waals surface area contributed by atoms with Crippen LogP contribution in [0.1, 0.15) is 24.6 Å². The second-order valence-corrected chi connectivity index (χ2v) is 5.91. The summed E-state index contributed by atoms with van der Waals surface area (Å²) in [6.45, 7) is 0.737. The smallest absolute Gasteiger partial charge is 0.327 e. The van der Waals surface area contributed by atoms with Gasteiger partial charge < -0.3 is 5.11 Å². The molecule has 0 spiro atoms. The minimum absolute atomic E-state index is 0.515. The normalized spacial score (nSPS) is 16.8. The van der Waals surface area contributed by atoms with E-state index in [9.17, 15) is 9.90 Å². The lowest BCUT2D eigenvalue weighted by Gasteiger charge is -2.15. The molecule has 2 N–H and O–H groups in total. The highest BCUT2D eigenvalue weighted by Crippen LogP contribution is 2.30. The van der Waals surface area contributed by atoms with Gasteiger partial charge >= 0.3 is 5.97 Å². The molecule has 17 heavy (non-hydrogen) atoms. The summed E-state index contributed by atoms with van der Waals surface area (Å²) in [6, 6.07) is 1.05. The number of hydrogen-bond donors (Lipinski definition) is 2. The van der Waals surface area contributed by atoms with Crippen molar-refractivity contribution in [3.8, 4) is 0 Å². The number of carboxylic acids is 1. The highest BCUT2D eigenvalue weighted by Gasteiger charge is 2.27. The molecule has 6 heteroatoms. The number of nitrogens with zero attached hydrogens (tertiary/aromatic N) is 1. The summed E-state index contributed by atoms with van der Waals surface area (Å²) in [5.41, 5.74) is 0.515. The summed E-state index contributed by atoms with van der Waals surface area (Å²) < 4.78 is 1.52. The van der Waals surface area contributed by atoms with E-state index >= 15 is 0 Å². The second-order valence-electron chi connectivity index (χ2n) is 4.14. The molecule has 1 aromatic rings. The van der Waals surface area contributed by atoms with Crippen LogP contribution in [-0.4, -0.2) is 22.6 Å². The third-order valence-corrected chi connectivity index (χ3v) is 3.73. The van der Waals surface area contributed by atoms with E-state index in [4.69, 9.17) is 0 Å². The molecular weight excluding hydrogens is 352 g/mol. The number of hydrogen-bond acceptors (Lipinski definition) is 3. The van der Waals surface area contributed by atoms with Crippen molar-refractivity contribution in [2.75, 3.05) is 6.54 Å². The fraction of sp³-hybridized carbons (Fsp3) is 0.455. The van der Waals surface area contributed by atoms with Gasteiger partial charge in [-0.2, -0.15) is 0 Å². The van der Waals surface area contributed by atoms with Gasteiger partial charge in [-0.1, -0.05) is 0 Å². The monoisotopic (exact) mass is 362 g/mol. The van der Waals surface area contributed by atoms with Gasteiger partial charge in [0.1, 0.15) is 6.04 Å². The summed E-state index contributed by atoms with van der Waals surface area (Å²) in [5, 5.41) is 12.3. The Hall–Kier alpha value is -0.460. The van der Waals surface area contributed by atoms with Gasteiger partial charge in [0.25, 0.3) is 0 Å². The summed E-state index contributed by atoms with van der Waals surface area (Å²) in [7, 11) is 0. The predicted molar refractivity (Wildman–Crippen MR) is 70.7 cm³/mol. The Morgan fingerprint density at radius 2 is 2.29 bits per heavy atom. The maximum atomic E-state index is 11.2. The number of aliphatic carboxylic acids is 1. The predicted octanol–water partition coefficient (Wildman–Crippen LogP) is 2.73. The molecule has 0 aliphatic heterocycles. The molecule has 0 saturated heterocycles. The van der Waals surface area contributed by atoms with Crippen LogP contribution in [0.15, 0.2) is 21.2 Å². The molecule has 0 amide bonds. The van der Waals surface area contributed by atoms with Crippen molar-refractivity contribution in [3.05, 3.63) is 26.9 Å². The lowest BCUT2D eigenvalue weighted by atomic mass is 10.2. The Bertz CT molecular complexity index is 435. The van der Waals surface area contributed by atoms with E-state index in [1.54, 1.807) is 12.3 Å². The molecule has 1 unspecified atom stereocenters. The van der Waals surface area contributed by atoms with E-state index in [0.717, 1.165) is 11.0 Å². The molecular formula is C11H12Br2N2O2. The fourth-order valence-electron chi connectivity index (χ4n) is 1.55. The maximum absolute atomic E-state index is 11.2. The van der Waals surface area contributed by atoms with Gasteiger partial charge in [0, 0.05) is 15.1 Å². The van der Waals surface area contributed by atoms with E-state index in [0.29, 0.717) is 16.1 Å². The van der Waals surface area contributed by atoms with E-state index < -0.39 is 12.0 Å². The third kappa shape index (κ3) is 3.50. The van der Waals surface area contributed by atoms with Gasteiger partial charge in [0.05, 0.1) is 5.69 Å². The van der Waals surface area contributed by atoms with Gasteiger partial charge in [-0.3, -0.25) is 15.1 Å². The van der Waals surface area contributed by atoms with Crippen molar-refractivity contribution in [2.24, 2.45) is 5.92 Å². The first-order valence-electron chi connectivity index (χ1n) is 5.35. The van der Waals surface area contributed by atoms with Crippen molar-refractivity contribution in [1.82, 2.24) is 10.3 Å². The zero-order chi connectivity index (χ0) is 12.4. The maximum Gasteiger partial charge on any atom is 0.327 e. The number of nitrogens with one attached hydrogen (secondary N) is 1. The molecule has 1 saturated carbocycles. The Morgan fingerprint density at radius 1 is 1.59 bits per heavy atom. The molecule has 4 nitrogen and oxygen atoms in total. The molecule has 1 aromatic heterocycles. The molecule has 1 aliphatic carbocycles. The molecule has 0 radical (unpaired) electrons. The summed E-state index contributed by atoms with van der Waals surface area (Å²) in [6.07, 6.45) is 3.98. The Morgan fingerprint density at radius 3 is 2.82 bits per heavy atom. The lowest BCUT2D eigenvalue weighted by molar-refractivity contribution is -0.139. The molecule has 1 heterocycles. The van der Waals surface area contributed by atoms with Crippen LogP contribution in [0.5, 0.6) is 0 Å². The number of pyridine rings is 1. The van der Waals surface area contributed by atoms with Crippen molar-refractivity contribution in [2.45, 2.75) is 18.9 Å². The van der Waals surface area contributed by atoms with Gasteiger partial charge in [-0.05, 0) is 63.2 Å². The Balaban J connectivity index is 2.15. The van der Waals surface area contributed by atoms with Crippen LogP contribution in [0.3, 0.4) is 0 Å². The number of halogens is 2. The molecule has 0 bridgehead atoms. The molecule has 1 aliphatic rings. The van der Waals surface area contributed by atoms with Crippen LogP contribution in [0, 0.1) is 5.92 Å². The van der Waals surface area contributed by atoms with Gasteiger partial charge in [0.2, 0.25) is 0 Å². The second kappa shape index (κ2) is 5.46. The van der Waals surface area contributed by atoms with Crippen molar-refractivity contribution < 1.29 is 9.90 Å². The van der Waals surface area contributed by atoms with E-state index in [2.05, 4.69) is 42.2 Å². The molecule has 0 aromatic carbocycles. The zero-order valence-corrected chi connectivity index (χ0v) is 12.2. The average molecular weight is 364 g/mol. The van der Waals surface area contributed by atoms with E-state index in [1.165, 1.54) is 12.8 Å². The minimum atomic E-state index is -0.902. The molecule has 2 rings (SSSR count). The first kappa shape index (κ1) is 13.0. The number of carbonyl (C=O) groups is 1. The minimum Gasteiger partial charge on any atom is -0.480 e. The molecule has 1 atom stereocenters. The zero-order valence-electron chi connectivity index (χ0n) is 8.99.